The van der Waals surface area contributed by atoms with Gasteiger partial charge in [-0.05, 0) is 43.7 Å². The van der Waals surface area contributed by atoms with E-state index >= 15 is 0 Å². The number of likely N-dealkylation sites (tertiary alicyclic amines) is 1. The number of esters is 1. The third-order valence-corrected chi connectivity index (χ3v) is 4.12. The summed E-state index contributed by atoms with van der Waals surface area (Å²) in [5.41, 5.74) is 0. The van der Waals surface area contributed by atoms with Crippen molar-refractivity contribution in [3.63, 3.8) is 0 Å². The molecule has 1 atom stereocenters. The van der Waals surface area contributed by atoms with Gasteiger partial charge in [0, 0.05) is 17.5 Å². The first-order chi connectivity index (χ1) is 9.72. The van der Waals surface area contributed by atoms with E-state index in [0.29, 0.717) is 19.6 Å². The minimum atomic E-state index is -0.427. The van der Waals surface area contributed by atoms with E-state index in [0.717, 1.165) is 17.7 Å². The van der Waals surface area contributed by atoms with Crippen LogP contribution in [0, 0.1) is 0 Å². The number of piperidine rings is 1. The summed E-state index contributed by atoms with van der Waals surface area (Å²) >= 11 is 1.58. The van der Waals surface area contributed by atoms with E-state index in [1.54, 1.807) is 35.3 Å². The van der Waals surface area contributed by atoms with Gasteiger partial charge in [-0.1, -0.05) is 6.07 Å². The quantitative estimate of drug-likeness (QED) is 0.633. The predicted molar refractivity (Wildman–Crippen MR) is 79.3 cm³/mol. The Kier molecular flexibility index (Phi) is 5.35. The summed E-state index contributed by atoms with van der Waals surface area (Å²) < 4.78 is 5.06. The second-order valence-corrected chi connectivity index (χ2v) is 5.62. The fourth-order valence-electron chi connectivity index (χ4n) is 2.31. The fourth-order valence-corrected chi connectivity index (χ4v) is 2.93. The molecule has 1 aromatic heterocycles. The molecule has 2 heterocycles. The maximum Gasteiger partial charge on any atom is 0.328 e. The molecule has 1 amide bonds. The van der Waals surface area contributed by atoms with Gasteiger partial charge in [0.05, 0.1) is 6.61 Å². The van der Waals surface area contributed by atoms with Crippen LogP contribution in [0.15, 0.2) is 23.6 Å². The Bertz CT molecular complexity index is 481. The molecular formula is C15H19NO3S. The summed E-state index contributed by atoms with van der Waals surface area (Å²) in [6.45, 7) is 2.75. The van der Waals surface area contributed by atoms with Crippen LogP contribution in [0.3, 0.4) is 0 Å². The first kappa shape index (κ1) is 14.8. The molecule has 20 heavy (non-hydrogen) atoms. The van der Waals surface area contributed by atoms with Gasteiger partial charge in [0.25, 0.3) is 0 Å². The van der Waals surface area contributed by atoms with Crippen molar-refractivity contribution in [1.82, 2.24) is 4.90 Å². The van der Waals surface area contributed by atoms with Gasteiger partial charge < -0.3 is 9.64 Å². The molecule has 1 aromatic rings. The molecule has 0 spiro atoms. The zero-order chi connectivity index (χ0) is 14.4. The van der Waals surface area contributed by atoms with Gasteiger partial charge in [0.15, 0.2) is 0 Å². The summed E-state index contributed by atoms with van der Waals surface area (Å²) in [6.07, 6.45) is 5.93. The van der Waals surface area contributed by atoms with Crippen molar-refractivity contribution in [3.8, 4) is 0 Å². The van der Waals surface area contributed by atoms with Crippen LogP contribution >= 0.6 is 11.3 Å². The maximum absolute atomic E-state index is 12.2. The van der Waals surface area contributed by atoms with E-state index in [1.807, 2.05) is 17.5 Å². The van der Waals surface area contributed by atoms with Crippen molar-refractivity contribution >= 4 is 29.3 Å². The molecule has 0 saturated carbocycles. The molecule has 5 heteroatoms. The van der Waals surface area contributed by atoms with Crippen LogP contribution in [0.1, 0.15) is 31.1 Å². The molecule has 1 aliphatic heterocycles. The maximum atomic E-state index is 12.2. The van der Waals surface area contributed by atoms with Crippen molar-refractivity contribution in [2.24, 2.45) is 0 Å². The summed E-state index contributed by atoms with van der Waals surface area (Å²) in [4.78, 5) is 26.8. The van der Waals surface area contributed by atoms with Crippen LogP contribution in [0.25, 0.3) is 6.08 Å². The summed E-state index contributed by atoms with van der Waals surface area (Å²) in [7, 11) is 0. The molecule has 4 nitrogen and oxygen atoms in total. The van der Waals surface area contributed by atoms with Crippen molar-refractivity contribution in [2.75, 3.05) is 13.2 Å². The number of carbonyl (C=O) groups is 2. The van der Waals surface area contributed by atoms with E-state index in [9.17, 15) is 9.59 Å². The molecule has 1 unspecified atom stereocenters. The lowest BCUT2D eigenvalue weighted by atomic mass is 10.0. The smallest absolute Gasteiger partial charge is 0.328 e. The van der Waals surface area contributed by atoms with Gasteiger partial charge in [-0.15, -0.1) is 11.3 Å². The molecule has 0 aromatic carbocycles. The lowest BCUT2D eigenvalue weighted by Gasteiger charge is -2.33. The monoisotopic (exact) mass is 293 g/mol. The van der Waals surface area contributed by atoms with Gasteiger partial charge in [-0.3, -0.25) is 4.79 Å². The Morgan fingerprint density at radius 3 is 3.05 bits per heavy atom. The molecule has 0 bridgehead atoms. The van der Waals surface area contributed by atoms with Gasteiger partial charge in [0.2, 0.25) is 5.91 Å². The standard InChI is InChI=1S/C15H19NO3S/c1-2-19-15(18)13-7-3-4-10-16(13)14(17)9-8-12-6-5-11-20-12/h5-6,8-9,11,13H,2-4,7,10H2,1H3/b9-8+. The van der Waals surface area contributed by atoms with Crippen molar-refractivity contribution < 1.29 is 14.3 Å². The summed E-state index contributed by atoms with van der Waals surface area (Å²) in [6, 6.07) is 3.47. The predicted octanol–water partition coefficient (Wildman–Crippen LogP) is 2.71. The number of amides is 1. The SMILES string of the molecule is CCOC(=O)C1CCCCN1C(=O)/C=C/c1cccs1. The molecule has 0 aliphatic carbocycles. The van der Waals surface area contributed by atoms with E-state index in [2.05, 4.69) is 0 Å². The van der Waals surface area contributed by atoms with Gasteiger partial charge in [-0.2, -0.15) is 0 Å². The number of nitrogens with zero attached hydrogens (tertiary/aromatic N) is 1. The number of ether oxygens (including phenoxy) is 1. The topological polar surface area (TPSA) is 46.6 Å². The molecule has 1 aliphatic rings. The zero-order valence-corrected chi connectivity index (χ0v) is 12.4. The number of hydrogen-bond acceptors (Lipinski definition) is 4. The van der Waals surface area contributed by atoms with Crippen LogP contribution in [-0.2, 0) is 14.3 Å². The molecule has 108 valence electrons. The van der Waals surface area contributed by atoms with Crippen molar-refractivity contribution in [3.05, 3.63) is 28.5 Å². The largest absolute Gasteiger partial charge is 0.464 e. The Morgan fingerprint density at radius 1 is 1.50 bits per heavy atom. The first-order valence-electron chi connectivity index (χ1n) is 6.91. The highest BCUT2D eigenvalue weighted by Gasteiger charge is 2.31. The van der Waals surface area contributed by atoms with Crippen LogP contribution in [0.4, 0.5) is 0 Å². The van der Waals surface area contributed by atoms with Crippen LogP contribution in [0.5, 0.6) is 0 Å². The Balaban J connectivity index is 2.03. The highest BCUT2D eigenvalue weighted by atomic mass is 32.1. The number of hydrogen-bond donors (Lipinski definition) is 0. The van der Waals surface area contributed by atoms with E-state index in [4.69, 9.17) is 4.74 Å². The zero-order valence-electron chi connectivity index (χ0n) is 11.6. The van der Waals surface area contributed by atoms with E-state index in [-0.39, 0.29) is 11.9 Å². The Morgan fingerprint density at radius 2 is 2.35 bits per heavy atom. The lowest BCUT2D eigenvalue weighted by Crippen LogP contribution is -2.48. The minimum Gasteiger partial charge on any atom is -0.464 e. The summed E-state index contributed by atoms with van der Waals surface area (Å²) in [5, 5.41) is 1.96. The summed E-state index contributed by atoms with van der Waals surface area (Å²) in [5.74, 6) is -0.402. The lowest BCUT2D eigenvalue weighted by molar-refractivity contribution is -0.155. The van der Waals surface area contributed by atoms with Gasteiger partial charge in [0.1, 0.15) is 6.04 Å². The average Bonchev–Trinajstić information content (AvgIpc) is 2.98. The molecule has 0 N–H and O–H groups in total. The number of thiophene rings is 1. The fraction of sp³-hybridized carbons (Fsp3) is 0.467. The third-order valence-electron chi connectivity index (χ3n) is 3.28. The second-order valence-electron chi connectivity index (χ2n) is 4.64. The van der Waals surface area contributed by atoms with Gasteiger partial charge in [-0.25, -0.2) is 4.79 Å². The van der Waals surface area contributed by atoms with Crippen LogP contribution < -0.4 is 0 Å². The average molecular weight is 293 g/mol. The van der Waals surface area contributed by atoms with Crippen molar-refractivity contribution in [1.29, 1.82) is 0 Å². The van der Waals surface area contributed by atoms with Crippen molar-refractivity contribution in [2.45, 2.75) is 32.2 Å². The number of rotatable bonds is 4. The molecule has 1 fully saturated rings. The normalized spacial score (nSPS) is 19.2. The highest BCUT2D eigenvalue weighted by Crippen LogP contribution is 2.19. The van der Waals surface area contributed by atoms with Gasteiger partial charge >= 0.3 is 5.97 Å². The minimum absolute atomic E-state index is 0.115. The number of carbonyl (C=O) groups excluding carboxylic acids is 2. The second kappa shape index (κ2) is 7.24. The molecule has 2 rings (SSSR count). The third kappa shape index (κ3) is 3.70. The molecular weight excluding hydrogens is 274 g/mol. The van der Waals surface area contributed by atoms with E-state index < -0.39 is 6.04 Å². The Labute approximate surface area is 123 Å². The van der Waals surface area contributed by atoms with Crippen LogP contribution in [-0.4, -0.2) is 36.0 Å². The Hall–Kier alpha value is -1.62. The molecule has 1 saturated heterocycles. The van der Waals surface area contributed by atoms with E-state index in [1.165, 1.54) is 0 Å². The highest BCUT2D eigenvalue weighted by molar-refractivity contribution is 7.10. The molecule has 0 radical (unpaired) electrons. The van der Waals surface area contributed by atoms with Crippen LogP contribution in [0.2, 0.25) is 0 Å². The first-order valence-corrected chi connectivity index (χ1v) is 7.79.